The van der Waals surface area contributed by atoms with Gasteiger partial charge in [-0.15, -0.1) is 0 Å². The summed E-state index contributed by atoms with van der Waals surface area (Å²) in [4.78, 5) is 24.0. The normalized spacial score (nSPS) is 10.9. The van der Waals surface area contributed by atoms with Gasteiger partial charge in [-0.05, 0) is 54.1 Å². The molecule has 0 spiro atoms. The number of anilines is 1. The molecule has 0 bridgehead atoms. The number of rotatable bonds is 8. The van der Waals surface area contributed by atoms with Crippen LogP contribution in [0.15, 0.2) is 83.8 Å². The average molecular weight is 441 g/mol. The zero-order valence-electron chi connectivity index (χ0n) is 16.3. The molecule has 2 amide bonds. The van der Waals surface area contributed by atoms with Gasteiger partial charge < -0.3 is 10.6 Å². The predicted molar refractivity (Wildman–Crippen MR) is 114 cm³/mol. The highest BCUT2D eigenvalue weighted by Gasteiger charge is 2.15. The summed E-state index contributed by atoms with van der Waals surface area (Å²) < 4.78 is 40.0. The first-order chi connectivity index (χ1) is 14.8. The first-order valence-electron chi connectivity index (χ1n) is 9.31. The Hall–Kier alpha value is -3.72. The van der Waals surface area contributed by atoms with Crippen LogP contribution in [0.3, 0.4) is 0 Å². The average Bonchev–Trinajstić information content (AvgIpc) is 2.77. The Bertz CT molecular complexity index is 1150. The van der Waals surface area contributed by atoms with Crippen molar-refractivity contribution in [3.05, 3.63) is 95.8 Å². The van der Waals surface area contributed by atoms with Crippen molar-refractivity contribution in [2.24, 2.45) is 0 Å². The van der Waals surface area contributed by atoms with Crippen LogP contribution < -0.4 is 15.4 Å². The number of amides is 2. The van der Waals surface area contributed by atoms with Crippen LogP contribution in [0.25, 0.3) is 0 Å². The minimum atomic E-state index is -3.88. The van der Waals surface area contributed by atoms with E-state index in [1.165, 1.54) is 24.3 Å². The number of nitrogens with one attached hydrogen (secondary N) is 3. The molecule has 0 radical (unpaired) electrons. The molecule has 3 aromatic rings. The lowest BCUT2D eigenvalue weighted by Crippen LogP contribution is -2.36. The van der Waals surface area contributed by atoms with Gasteiger partial charge in [-0.25, -0.2) is 12.8 Å². The van der Waals surface area contributed by atoms with Crippen LogP contribution in [0.2, 0.25) is 0 Å². The number of sulfonamides is 1. The number of carbonyl (C=O) groups excluding carboxylic acids is 2. The highest BCUT2D eigenvalue weighted by molar-refractivity contribution is 7.92. The lowest BCUT2D eigenvalue weighted by atomic mass is 10.2. The molecule has 31 heavy (non-hydrogen) atoms. The van der Waals surface area contributed by atoms with Gasteiger partial charge in [-0.2, -0.15) is 0 Å². The van der Waals surface area contributed by atoms with Gasteiger partial charge in [0.15, 0.2) is 0 Å². The largest absolute Gasteiger partial charge is 0.350 e. The summed E-state index contributed by atoms with van der Waals surface area (Å²) in [7, 11) is -3.88. The summed E-state index contributed by atoms with van der Waals surface area (Å²) in [6, 6.07) is 19.5. The van der Waals surface area contributed by atoms with Crippen LogP contribution in [0.1, 0.15) is 15.9 Å². The number of halogens is 1. The second kappa shape index (κ2) is 9.86. The summed E-state index contributed by atoms with van der Waals surface area (Å²) in [6.45, 7) is 0.170. The van der Waals surface area contributed by atoms with Crippen molar-refractivity contribution in [2.45, 2.75) is 11.4 Å². The molecule has 0 fully saturated rings. The minimum Gasteiger partial charge on any atom is -0.350 e. The van der Waals surface area contributed by atoms with E-state index in [0.29, 0.717) is 6.54 Å². The Morgan fingerprint density at radius 2 is 1.45 bits per heavy atom. The number of hydrogen-bond acceptors (Lipinski definition) is 4. The maximum atomic E-state index is 13.0. The maximum Gasteiger partial charge on any atom is 0.261 e. The van der Waals surface area contributed by atoms with E-state index < -0.39 is 21.7 Å². The molecular formula is C22H20FN3O4S. The lowest BCUT2D eigenvalue weighted by molar-refractivity contribution is -0.120. The van der Waals surface area contributed by atoms with Gasteiger partial charge >= 0.3 is 0 Å². The maximum absolute atomic E-state index is 13.0. The summed E-state index contributed by atoms with van der Waals surface area (Å²) in [5.74, 6) is -1.34. The molecular weight excluding hydrogens is 421 g/mol. The van der Waals surface area contributed by atoms with Crippen molar-refractivity contribution in [2.75, 3.05) is 11.3 Å². The van der Waals surface area contributed by atoms with Crippen molar-refractivity contribution in [3.63, 3.8) is 0 Å². The second-order valence-corrected chi connectivity index (χ2v) is 8.26. The van der Waals surface area contributed by atoms with Gasteiger partial charge in [0, 0.05) is 17.8 Å². The molecule has 0 heterocycles. The van der Waals surface area contributed by atoms with E-state index in [1.54, 1.807) is 0 Å². The summed E-state index contributed by atoms with van der Waals surface area (Å²) in [5, 5.41) is 5.21. The summed E-state index contributed by atoms with van der Waals surface area (Å²) >= 11 is 0. The fourth-order valence-corrected chi connectivity index (χ4v) is 3.70. The van der Waals surface area contributed by atoms with E-state index in [-0.39, 0.29) is 28.6 Å². The first-order valence-corrected chi connectivity index (χ1v) is 10.8. The third-order valence-corrected chi connectivity index (χ3v) is 5.66. The van der Waals surface area contributed by atoms with Gasteiger partial charge in [0.2, 0.25) is 5.91 Å². The summed E-state index contributed by atoms with van der Waals surface area (Å²) in [5.41, 5.74) is 1.45. The fourth-order valence-electron chi connectivity index (χ4n) is 2.64. The number of benzene rings is 3. The molecule has 0 atom stereocenters. The smallest absolute Gasteiger partial charge is 0.261 e. The van der Waals surface area contributed by atoms with E-state index >= 15 is 0 Å². The zero-order chi connectivity index (χ0) is 22.3. The topological polar surface area (TPSA) is 104 Å². The summed E-state index contributed by atoms with van der Waals surface area (Å²) in [6.07, 6.45) is 0. The molecule has 0 saturated carbocycles. The van der Waals surface area contributed by atoms with Crippen molar-refractivity contribution < 1.29 is 22.4 Å². The van der Waals surface area contributed by atoms with Crippen molar-refractivity contribution in [1.29, 1.82) is 0 Å². The quantitative estimate of drug-likeness (QED) is 0.500. The molecule has 0 saturated heterocycles. The van der Waals surface area contributed by atoms with E-state index in [2.05, 4.69) is 15.4 Å². The molecule has 3 rings (SSSR count). The van der Waals surface area contributed by atoms with Gasteiger partial charge in [-0.3, -0.25) is 14.3 Å². The number of hydrogen-bond donors (Lipinski definition) is 3. The van der Waals surface area contributed by atoms with E-state index in [4.69, 9.17) is 0 Å². The van der Waals surface area contributed by atoms with Crippen LogP contribution in [-0.2, 0) is 21.4 Å². The standard InChI is InChI=1S/C22H20FN3O4S/c23-18-8-12-20(13-9-18)31(29,30)26-19-10-6-17(7-11-19)22(28)25-15-21(27)24-14-16-4-2-1-3-5-16/h1-13,26H,14-15H2,(H,24,27)(H,25,28). The van der Waals surface area contributed by atoms with Crippen LogP contribution in [0, 0.1) is 5.82 Å². The van der Waals surface area contributed by atoms with Crippen LogP contribution in [-0.4, -0.2) is 26.8 Å². The van der Waals surface area contributed by atoms with Crippen molar-refractivity contribution in [3.8, 4) is 0 Å². The van der Waals surface area contributed by atoms with Gasteiger partial charge in [0.1, 0.15) is 5.82 Å². The predicted octanol–water partition coefficient (Wildman–Crippen LogP) is 2.67. The molecule has 0 aliphatic heterocycles. The molecule has 0 unspecified atom stereocenters. The second-order valence-electron chi connectivity index (χ2n) is 6.58. The Morgan fingerprint density at radius 3 is 2.10 bits per heavy atom. The zero-order valence-corrected chi connectivity index (χ0v) is 17.2. The molecule has 7 nitrogen and oxygen atoms in total. The third-order valence-electron chi connectivity index (χ3n) is 4.27. The SMILES string of the molecule is O=C(CNC(=O)c1ccc(NS(=O)(=O)c2ccc(F)cc2)cc1)NCc1ccccc1. The van der Waals surface area contributed by atoms with Crippen molar-refractivity contribution in [1.82, 2.24) is 10.6 Å². The van der Waals surface area contributed by atoms with Crippen LogP contribution >= 0.6 is 0 Å². The Morgan fingerprint density at radius 1 is 0.806 bits per heavy atom. The molecule has 3 N–H and O–H groups in total. The minimum absolute atomic E-state index is 0.0859. The highest BCUT2D eigenvalue weighted by Crippen LogP contribution is 2.17. The number of carbonyl (C=O) groups is 2. The molecule has 3 aromatic carbocycles. The molecule has 0 aromatic heterocycles. The van der Waals surface area contributed by atoms with Crippen LogP contribution in [0.4, 0.5) is 10.1 Å². The highest BCUT2D eigenvalue weighted by atomic mass is 32.2. The van der Waals surface area contributed by atoms with Gasteiger partial charge in [-0.1, -0.05) is 30.3 Å². The molecule has 0 aliphatic rings. The molecule has 160 valence electrons. The Balaban J connectivity index is 1.51. The first kappa shape index (κ1) is 22.0. The Kier molecular flexibility index (Phi) is 6.99. The molecule has 0 aliphatic carbocycles. The van der Waals surface area contributed by atoms with Gasteiger partial charge in [0.05, 0.1) is 11.4 Å². The molecule has 9 heteroatoms. The Labute approximate surface area is 179 Å². The fraction of sp³-hybridized carbons (Fsp3) is 0.0909. The van der Waals surface area contributed by atoms with E-state index in [1.807, 2.05) is 30.3 Å². The third kappa shape index (κ3) is 6.38. The van der Waals surface area contributed by atoms with E-state index in [0.717, 1.165) is 29.8 Å². The van der Waals surface area contributed by atoms with Gasteiger partial charge in [0.25, 0.3) is 15.9 Å². The van der Waals surface area contributed by atoms with Crippen molar-refractivity contribution >= 4 is 27.5 Å². The monoisotopic (exact) mass is 441 g/mol. The van der Waals surface area contributed by atoms with Crippen LogP contribution in [0.5, 0.6) is 0 Å². The van der Waals surface area contributed by atoms with E-state index in [9.17, 15) is 22.4 Å². The lowest BCUT2D eigenvalue weighted by Gasteiger charge is -2.10.